The molecule has 1 N–H and O–H groups in total. The van der Waals surface area contributed by atoms with Gasteiger partial charge in [0.05, 0.1) is 5.75 Å². The van der Waals surface area contributed by atoms with Crippen LogP contribution in [0.25, 0.3) is 0 Å². The van der Waals surface area contributed by atoms with E-state index in [1.165, 1.54) is 23.9 Å². The van der Waals surface area contributed by atoms with Gasteiger partial charge in [0.1, 0.15) is 11.9 Å². The Labute approximate surface area is 205 Å². The fourth-order valence-electron chi connectivity index (χ4n) is 3.53. The minimum Gasteiger partial charge on any atom is -0.352 e. The van der Waals surface area contributed by atoms with Crippen LogP contribution in [-0.2, 0) is 22.6 Å². The topological polar surface area (TPSA) is 49.4 Å². The van der Waals surface area contributed by atoms with Gasteiger partial charge in [-0.2, -0.15) is 0 Å². The normalized spacial score (nSPS) is 12.6. The Morgan fingerprint density at radius 2 is 1.53 bits per heavy atom. The van der Waals surface area contributed by atoms with Gasteiger partial charge < -0.3 is 10.2 Å². The smallest absolute Gasteiger partial charge is 0.243 e. The molecule has 3 aromatic carbocycles. The van der Waals surface area contributed by atoms with E-state index in [0.717, 1.165) is 22.4 Å². The Kier molecular flexibility index (Phi) is 9.71. The van der Waals surface area contributed by atoms with E-state index in [1.807, 2.05) is 74.5 Å². The maximum atomic E-state index is 13.5. The monoisotopic (exact) mass is 478 g/mol. The molecule has 0 bridgehead atoms. The summed E-state index contributed by atoms with van der Waals surface area (Å²) in [6.45, 7) is 4.18. The molecule has 0 saturated carbocycles. The van der Waals surface area contributed by atoms with Crippen LogP contribution >= 0.6 is 11.8 Å². The third-order valence-electron chi connectivity index (χ3n) is 5.64. The zero-order chi connectivity index (χ0) is 24.3. The lowest BCUT2D eigenvalue weighted by Crippen LogP contribution is -2.52. The molecule has 0 aliphatic heterocycles. The molecule has 2 atom stereocenters. The van der Waals surface area contributed by atoms with Crippen LogP contribution in [0.1, 0.15) is 31.4 Å². The number of hydrogen-bond donors (Lipinski definition) is 1. The maximum Gasteiger partial charge on any atom is 0.243 e. The van der Waals surface area contributed by atoms with E-state index in [0.29, 0.717) is 6.42 Å². The summed E-state index contributed by atoms with van der Waals surface area (Å²) in [5.74, 6) is -0.457. The van der Waals surface area contributed by atoms with Gasteiger partial charge in [-0.1, -0.05) is 67.6 Å². The molecule has 0 heterocycles. The van der Waals surface area contributed by atoms with Crippen molar-refractivity contribution in [3.05, 3.63) is 102 Å². The molecule has 2 amide bonds. The number of nitrogens with one attached hydrogen (secondary N) is 1. The third-order valence-corrected chi connectivity index (χ3v) is 6.64. The molecular formula is C28H31FN2O2S. The molecule has 0 unspecified atom stereocenters. The molecule has 0 fully saturated rings. The van der Waals surface area contributed by atoms with Gasteiger partial charge in [-0.3, -0.25) is 9.59 Å². The van der Waals surface area contributed by atoms with Crippen molar-refractivity contribution in [2.75, 3.05) is 5.75 Å². The average Bonchev–Trinajstić information content (AvgIpc) is 2.87. The molecule has 0 aromatic heterocycles. The molecule has 0 spiro atoms. The quantitative estimate of drug-likeness (QED) is 0.372. The number of carbonyl (C=O) groups is 2. The van der Waals surface area contributed by atoms with E-state index in [-0.39, 0.29) is 36.0 Å². The molecule has 0 saturated heterocycles. The number of hydrogen-bond acceptors (Lipinski definition) is 3. The summed E-state index contributed by atoms with van der Waals surface area (Å²) in [5.41, 5.74) is 1.74. The van der Waals surface area contributed by atoms with Gasteiger partial charge >= 0.3 is 0 Å². The zero-order valence-corrected chi connectivity index (χ0v) is 20.4. The Balaban J connectivity index is 1.90. The number of rotatable bonds is 11. The van der Waals surface area contributed by atoms with E-state index < -0.39 is 6.04 Å². The fourth-order valence-corrected chi connectivity index (χ4v) is 4.33. The predicted octanol–water partition coefficient (Wildman–Crippen LogP) is 5.47. The first kappa shape index (κ1) is 25.5. The lowest BCUT2D eigenvalue weighted by molar-refractivity contribution is -0.139. The van der Waals surface area contributed by atoms with Crippen molar-refractivity contribution in [2.45, 2.75) is 50.2 Å². The molecule has 34 heavy (non-hydrogen) atoms. The van der Waals surface area contributed by atoms with Crippen LogP contribution in [0.15, 0.2) is 89.8 Å². The number of nitrogens with zero attached hydrogens (tertiary/aromatic N) is 1. The number of carbonyl (C=O) groups excluding carboxylic acids is 2. The van der Waals surface area contributed by atoms with E-state index in [2.05, 4.69) is 5.32 Å². The molecule has 3 rings (SSSR count). The average molecular weight is 479 g/mol. The first-order valence-corrected chi connectivity index (χ1v) is 12.5. The van der Waals surface area contributed by atoms with Crippen LogP contribution in [0.5, 0.6) is 0 Å². The van der Waals surface area contributed by atoms with Crippen LogP contribution in [0.2, 0.25) is 0 Å². The van der Waals surface area contributed by atoms with Crippen LogP contribution in [-0.4, -0.2) is 34.6 Å². The van der Waals surface area contributed by atoms with Gasteiger partial charge in [-0.15, -0.1) is 11.8 Å². The molecule has 0 radical (unpaired) electrons. The molecular weight excluding hydrogens is 447 g/mol. The summed E-state index contributed by atoms with van der Waals surface area (Å²) < 4.78 is 13.5. The second kappa shape index (κ2) is 12.9. The molecule has 3 aromatic rings. The molecule has 6 heteroatoms. The van der Waals surface area contributed by atoms with Crippen molar-refractivity contribution >= 4 is 23.6 Å². The SMILES string of the molecule is CC[C@@H](C)NC(=O)[C@@H](Cc1ccccc1)N(Cc1ccc(F)cc1)C(=O)CSc1ccccc1. The molecule has 178 valence electrons. The van der Waals surface area contributed by atoms with Crippen LogP contribution in [0.3, 0.4) is 0 Å². The highest BCUT2D eigenvalue weighted by Crippen LogP contribution is 2.21. The fraction of sp³-hybridized carbons (Fsp3) is 0.286. The van der Waals surface area contributed by atoms with E-state index in [4.69, 9.17) is 0 Å². The van der Waals surface area contributed by atoms with Crippen molar-refractivity contribution in [2.24, 2.45) is 0 Å². The number of thioether (sulfide) groups is 1. The standard InChI is InChI=1S/C28H31FN2O2S/c1-3-21(2)30-28(33)26(18-22-10-6-4-7-11-22)31(19-23-14-16-24(29)17-15-23)27(32)20-34-25-12-8-5-9-13-25/h4-17,21,26H,3,18-20H2,1-2H3,(H,30,33)/t21-,26-/m1/s1. The van der Waals surface area contributed by atoms with E-state index in [9.17, 15) is 14.0 Å². The summed E-state index contributed by atoms with van der Waals surface area (Å²) in [5, 5.41) is 3.05. The third kappa shape index (κ3) is 7.73. The Bertz CT molecular complexity index is 1050. The number of amides is 2. The maximum absolute atomic E-state index is 13.5. The van der Waals surface area contributed by atoms with Gasteiger partial charge in [-0.25, -0.2) is 4.39 Å². The highest BCUT2D eigenvalue weighted by Gasteiger charge is 2.31. The number of halogens is 1. The Hall–Kier alpha value is -3.12. The first-order valence-electron chi connectivity index (χ1n) is 11.5. The highest BCUT2D eigenvalue weighted by molar-refractivity contribution is 8.00. The van der Waals surface area contributed by atoms with Crippen molar-refractivity contribution in [3.8, 4) is 0 Å². The molecule has 0 aliphatic carbocycles. The van der Waals surface area contributed by atoms with Crippen LogP contribution in [0.4, 0.5) is 4.39 Å². The summed E-state index contributed by atoms with van der Waals surface area (Å²) in [7, 11) is 0. The lowest BCUT2D eigenvalue weighted by Gasteiger charge is -2.32. The second-order valence-corrected chi connectivity index (χ2v) is 9.32. The minimum absolute atomic E-state index is 0.00718. The summed E-state index contributed by atoms with van der Waals surface area (Å²) in [6, 6.07) is 24.8. The van der Waals surface area contributed by atoms with Crippen molar-refractivity contribution in [1.82, 2.24) is 10.2 Å². The van der Waals surface area contributed by atoms with E-state index in [1.54, 1.807) is 17.0 Å². The number of benzene rings is 3. The predicted molar refractivity (Wildman–Crippen MR) is 136 cm³/mol. The molecule has 0 aliphatic rings. The van der Waals surface area contributed by atoms with Gasteiger partial charge in [0.15, 0.2) is 0 Å². The zero-order valence-electron chi connectivity index (χ0n) is 19.6. The highest BCUT2D eigenvalue weighted by atomic mass is 32.2. The first-order chi connectivity index (χ1) is 16.5. The van der Waals surface area contributed by atoms with Crippen molar-refractivity contribution in [3.63, 3.8) is 0 Å². The Morgan fingerprint density at radius 3 is 2.15 bits per heavy atom. The van der Waals surface area contributed by atoms with Crippen molar-refractivity contribution < 1.29 is 14.0 Å². The van der Waals surface area contributed by atoms with Crippen molar-refractivity contribution in [1.29, 1.82) is 0 Å². The summed E-state index contributed by atoms with van der Waals surface area (Å²) >= 11 is 1.44. The minimum atomic E-state index is -0.690. The van der Waals surface area contributed by atoms with E-state index >= 15 is 0 Å². The van der Waals surface area contributed by atoms with Crippen LogP contribution in [0, 0.1) is 5.82 Å². The summed E-state index contributed by atoms with van der Waals surface area (Å²) in [6.07, 6.45) is 1.19. The second-order valence-electron chi connectivity index (χ2n) is 8.27. The van der Waals surface area contributed by atoms with Gasteiger partial charge in [0.25, 0.3) is 0 Å². The molecule has 4 nitrogen and oxygen atoms in total. The summed E-state index contributed by atoms with van der Waals surface area (Å²) in [4.78, 5) is 29.6. The van der Waals surface area contributed by atoms with Gasteiger partial charge in [0.2, 0.25) is 11.8 Å². The van der Waals surface area contributed by atoms with Gasteiger partial charge in [-0.05, 0) is 48.7 Å². The largest absolute Gasteiger partial charge is 0.352 e. The Morgan fingerprint density at radius 1 is 0.912 bits per heavy atom. The van der Waals surface area contributed by atoms with Gasteiger partial charge in [0, 0.05) is 23.9 Å². The lowest BCUT2D eigenvalue weighted by atomic mass is 10.0. The van der Waals surface area contributed by atoms with Crippen LogP contribution < -0.4 is 5.32 Å².